The molecule has 5 nitrogen and oxygen atoms in total. The Hall–Kier alpha value is -1.75. The topological polar surface area (TPSA) is 57.7 Å². The van der Waals surface area contributed by atoms with Crippen LogP contribution in [0.3, 0.4) is 0 Å². The lowest BCUT2D eigenvalue weighted by atomic mass is 9.95. The first-order valence-corrected chi connectivity index (χ1v) is 6.80. The molecule has 0 aromatic carbocycles. The SMILES string of the molecule is Cc1ncc(CN2CCC[C@H](c3ccn[nH]3)C2)cn1. The molecule has 1 saturated heterocycles. The number of nitrogens with one attached hydrogen (secondary N) is 1. The highest BCUT2D eigenvalue weighted by molar-refractivity contribution is 5.09. The number of aromatic nitrogens is 4. The van der Waals surface area contributed by atoms with E-state index in [0.29, 0.717) is 5.92 Å². The molecule has 2 aromatic rings. The monoisotopic (exact) mass is 257 g/mol. The predicted octanol–water partition coefficient (Wildman–Crippen LogP) is 1.89. The average molecular weight is 257 g/mol. The zero-order valence-electron chi connectivity index (χ0n) is 11.2. The van der Waals surface area contributed by atoms with Crippen LogP contribution in [0.4, 0.5) is 0 Å². The van der Waals surface area contributed by atoms with Crippen molar-refractivity contribution < 1.29 is 0 Å². The fraction of sp³-hybridized carbons (Fsp3) is 0.500. The van der Waals surface area contributed by atoms with Crippen LogP contribution in [0.15, 0.2) is 24.7 Å². The van der Waals surface area contributed by atoms with Gasteiger partial charge in [0.25, 0.3) is 0 Å². The zero-order valence-corrected chi connectivity index (χ0v) is 11.2. The number of H-pyrrole nitrogens is 1. The number of likely N-dealkylation sites (tertiary alicyclic amines) is 1. The summed E-state index contributed by atoms with van der Waals surface area (Å²) in [6.07, 6.45) is 8.17. The quantitative estimate of drug-likeness (QED) is 0.912. The maximum Gasteiger partial charge on any atom is 0.125 e. The van der Waals surface area contributed by atoms with E-state index in [2.05, 4.69) is 31.1 Å². The minimum absolute atomic E-state index is 0.572. The third kappa shape index (κ3) is 2.98. The summed E-state index contributed by atoms with van der Waals surface area (Å²) in [7, 11) is 0. The summed E-state index contributed by atoms with van der Waals surface area (Å²) in [4.78, 5) is 11.0. The van der Waals surface area contributed by atoms with Crippen molar-refractivity contribution >= 4 is 0 Å². The first-order valence-electron chi connectivity index (χ1n) is 6.80. The van der Waals surface area contributed by atoms with Gasteiger partial charge in [0.05, 0.1) is 0 Å². The molecule has 1 N–H and O–H groups in total. The third-order valence-corrected chi connectivity index (χ3v) is 3.71. The fourth-order valence-electron chi connectivity index (χ4n) is 2.71. The van der Waals surface area contributed by atoms with Crippen molar-refractivity contribution in [1.29, 1.82) is 0 Å². The third-order valence-electron chi connectivity index (χ3n) is 3.71. The number of aryl methyl sites for hydroxylation is 1. The van der Waals surface area contributed by atoms with Crippen LogP contribution in [0.5, 0.6) is 0 Å². The van der Waals surface area contributed by atoms with Gasteiger partial charge < -0.3 is 0 Å². The lowest BCUT2D eigenvalue weighted by Gasteiger charge is -2.32. The largest absolute Gasteiger partial charge is 0.298 e. The molecule has 5 heteroatoms. The molecule has 0 unspecified atom stereocenters. The number of hydrogen-bond acceptors (Lipinski definition) is 4. The Morgan fingerprint density at radius 3 is 2.95 bits per heavy atom. The Balaban J connectivity index is 1.64. The van der Waals surface area contributed by atoms with Crippen molar-refractivity contribution in [3.05, 3.63) is 41.7 Å². The lowest BCUT2D eigenvalue weighted by molar-refractivity contribution is 0.198. The molecule has 1 fully saturated rings. The predicted molar refractivity (Wildman–Crippen MR) is 72.6 cm³/mol. The van der Waals surface area contributed by atoms with Crippen molar-refractivity contribution in [2.75, 3.05) is 13.1 Å². The first-order chi connectivity index (χ1) is 9.31. The standard InChI is InChI=1S/C14H19N5/c1-11-15-7-12(8-16-11)9-19-6-2-3-13(10-19)14-4-5-17-18-14/h4-5,7-8,13H,2-3,6,9-10H2,1H3,(H,17,18)/t13-/m0/s1. The molecule has 3 heterocycles. The van der Waals surface area contributed by atoms with Crippen molar-refractivity contribution in [3.8, 4) is 0 Å². The van der Waals surface area contributed by atoms with E-state index in [-0.39, 0.29) is 0 Å². The van der Waals surface area contributed by atoms with Gasteiger partial charge >= 0.3 is 0 Å². The van der Waals surface area contributed by atoms with E-state index in [1.165, 1.54) is 24.1 Å². The fourth-order valence-corrected chi connectivity index (χ4v) is 2.71. The zero-order chi connectivity index (χ0) is 13.1. The Morgan fingerprint density at radius 2 is 2.21 bits per heavy atom. The Bertz CT molecular complexity index is 505. The minimum Gasteiger partial charge on any atom is -0.298 e. The molecule has 0 amide bonds. The van der Waals surface area contributed by atoms with Crippen LogP contribution in [-0.4, -0.2) is 38.2 Å². The summed E-state index contributed by atoms with van der Waals surface area (Å²) >= 11 is 0. The van der Waals surface area contributed by atoms with Crippen molar-refractivity contribution in [3.63, 3.8) is 0 Å². The molecule has 0 saturated carbocycles. The molecular formula is C14H19N5. The molecular weight excluding hydrogens is 238 g/mol. The highest BCUT2D eigenvalue weighted by atomic mass is 15.1. The van der Waals surface area contributed by atoms with Crippen LogP contribution < -0.4 is 0 Å². The number of aromatic amines is 1. The van der Waals surface area contributed by atoms with Gasteiger partial charge in [-0.15, -0.1) is 0 Å². The van der Waals surface area contributed by atoms with E-state index in [0.717, 1.165) is 25.5 Å². The summed E-state index contributed by atoms with van der Waals surface area (Å²) in [5.41, 5.74) is 2.45. The van der Waals surface area contributed by atoms with Crippen LogP contribution in [0.2, 0.25) is 0 Å². The lowest BCUT2D eigenvalue weighted by Crippen LogP contribution is -2.34. The Labute approximate surface area is 113 Å². The molecule has 0 radical (unpaired) electrons. The smallest absolute Gasteiger partial charge is 0.125 e. The van der Waals surface area contributed by atoms with Gasteiger partial charge in [-0.2, -0.15) is 5.10 Å². The summed E-state index contributed by atoms with van der Waals surface area (Å²) in [5.74, 6) is 1.40. The molecule has 1 aliphatic heterocycles. The van der Waals surface area contributed by atoms with Gasteiger partial charge in [0, 0.05) is 48.9 Å². The normalized spacial score (nSPS) is 20.6. The van der Waals surface area contributed by atoms with Crippen LogP contribution in [0.1, 0.15) is 35.8 Å². The van der Waals surface area contributed by atoms with Gasteiger partial charge in [-0.1, -0.05) is 0 Å². The number of piperidine rings is 1. The minimum atomic E-state index is 0.572. The van der Waals surface area contributed by atoms with E-state index < -0.39 is 0 Å². The van der Waals surface area contributed by atoms with E-state index in [9.17, 15) is 0 Å². The van der Waals surface area contributed by atoms with Crippen molar-refractivity contribution in [1.82, 2.24) is 25.1 Å². The maximum atomic E-state index is 4.26. The van der Waals surface area contributed by atoms with Crippen molar-refractivity contribution in [2.24, 2.45) is 0 Å². The Kier molecular flexibility index (Phi) is 3.55. The van der Waals surface area contributed by atoms with E-state index >= 15 is 0 Å². The summed E-state index contributed by atoms with van der Waals surface area (Å²) < 4.78 is 0. The molecule has 0 aliphatic carbocycles. The van der Waals surface area contributed by atoms with Crippen LogP contribution in [-0.2, 0) is 6.54 Å². The molecule has 0 spiro atoms. The van der Waals surface area contributed by atoms with Gasteiger partial charge in [0.1, 0.15) is 5.82 Å². The summed E-state index contributed by atoms with van der Waals surface area (Å²) in [6.45, 7) is 5.08. The molecule has 100 valence electrons. The van der Waals surface area contributed by atoms with Crippen LogP contribution >= 0.6 is 0 Å². The highest BCUT2D eigenvalue weighted by Gasteiger charge is 2.22. The van der Waals surface area contributed by atoms with Crippen LogP contribution in [0.25, 0.3) is 0 Å². The highest BCUT2D eigenvalue weighted by Crippen LogP contribution is 2.25. The first kappa shape index (κ1) is 12.3. The van der Waals surface area contributed by atoms with Gasteiger partial charge in [-0.3, -0.25) is 10.00 Å². The second-order valence-corrected chi connectivity index (χ2v) is 5.22. The van der Waals surface area contributed by atoms with Gasteiger partial charge in [-0.05, 0) is 32.4 Å². The molecule has 2 aromatic heterocycles. The second-order valence-electron chi connectivity index (χ2n) is 5.22. The summed E-state index contributed by atoms with van der Waals surface area (Å²) in [6, 6.07) is 2.09. The second kappa shape index (κ2) is 5.48. The van der Waals surface area contributed by atoms with Crippen molar-refractivity contribution in [2.45, 2.75) is 32.2 Å². The molecule has 19 heavy (non-hydrogen) atoms. The molecule has 3 rings (SSSR count). The maximum absolute atomic E-state index is 4.26. The van der Waals surface area contributed by atoms with E-state index in [1.807, 2.05) is 25.5 Å². The number of rotatable bonds is 3. The van der Waals surface area contributed by atoms with Gasteiger partial charge in [-0.25, -0.2) is 9.97 Å². The summed E-state index contributed by atoms with van der Waals surface area (Å²) in [5, 5.41) is 7.15. The molecule has 1 aliphatic rings. The number of nitrogens with zero attached hydrogens (tertiary/aromatic N) is 4. The van der Waals surface area contributed by atoms with Crippen LogP contribution in [0, 0.1) is 6.92 Å². The average Bonchev–Trinajstić information content (AvgIpc) is 2.96. The molecule has 1 atom stereocenters. The number of hydrogen-bond donors (Lipinski definition) is 1. The molecule has 0 bridgehead atoms. The van der Waals surface area contributed by atoms with Gasteiger partial charge in [0.15, 0.2) is 0 Å². The Morgan fingerprint density at radius 1 is 1.37 bits per heavy atom. The van der Waals surface area contributed by atoms with Gasteiger partial charge in [0.2, 0.25) is 0 Å². The van der Waals surface area contributed by atoms with E-state index in [1.54, 1.807) is 0 Å². The van der Waals surface area contributed by atoms with E-state index in [4.69, 9.17) is 0 Å².